The van der Waals surface area contributed by atoms with Crippen LogP contribution in [0.2, 0.25) is 0 Å². The fourth-order valence-corrected chi connectivity index (χ4v) is 5.59. The lowest BCUT2D eigenvalue weighted by Gasteiger charge is -2.26. The van der Waals surface area contributed by atoms with Crippen LogP contribution in [0.25, 0.3) is 50.0 Å². The summed E-state index contributed by atoms with van der Waals surface area (Å²) in [7, 11) is 0. The van der Waals surface area contributed by atoms with Gasteiger partial charge in [0.05, 0.1) is 11.2 Å². The average Bonchev–Trinajstić information content (AvgIpc) is 3.59. The van der Waals surface area contributed by atoms with Crippen LogP contribution in [-0.2, 0) is 0 Å². The van der Waals surface area contributed by atoms with Gasteiger partial charge in [-0.2, -0.15) is 5.10 Å². The molecule has 0 spiro atoms. The number of hydrogen-bond acceptors (Lipinski definition) is 3. The number of pyridine rings is 1. The predicted molar refractivity (Wildman–Crippen MR) is 159 cm³/mol. The summed E-state index contributed by atoms with van der Waals surface area (Å²) in [6.45, 7) is 8.90. The summed E-state index contributed by atoms with van der Waals surface area (Å²) in [5.41, 5.74) is 6.67. The second-order valence-electron chi connectivity index (χ2n) is 10.3. The van der Waals surface area contributed by atoms with Crippen LogP contribution >= 0.6 is 0 Å². The molecule has 0 saturated carbocycles. The number of piperidine rings is 1. The van der Waals surface area contributed by atoms with Crippen molar-refractivity contribution in [2.75, 3.05) is 19.6 Å². The van der Waals surface area contributed by atoms with Gasteiger partial charge in [0, 0.05) is 35.1 Å². The molecule has 0 atom stereocenters. The summed E-state index contributed by atoms with van der Waals surface area (Å²) >= 11 is 0. The average molecular weight is 536 g/mol. The molecular formula is C33H31F2N5. The molecule has 1 saturated heterocycles. The highest BCUT2D eigenvalue weighted by molar-refractivity contribution is 6.00. The van der Waals surface area contributed by atoms with Gasteiger partial charge in [-0.25, -0.2) is 13.8 Å². The number of halogens is 2. The molecule has 2 N–H and O–H groups in total. The van der Waals surface area contributed by atoms with E-state index in [2.05, 4.69) is 31.6 Å². The topological polar surface area (TPSA) is 60.6 Å². The number of nitrogens with one attached hydrogen (secondary N) is 2. The van der Waals surface area contributed by atoms with Crippen LogP contribution in [-0.4, -0.2) is 44.7 Å². The minimum Gasteiger partial charge on any atom is -0.338 e. The molecule has 0 amide bonds. The molecular weight excluding hydrogens is 504 g/mol. The highest BCUT2D eigenvalue weighted by atomic mass is 19.1. The smallest absolute Gasteiger partial charge is 0.138 e. The van der Waals surface area contributed by atoms with Gasteiger partial charge in [0.2, 0.25) is 0 Å². The maximum Gasteiger partial charge on any atom is 0.138 e. The second kappa shape index (κ2) is 11.0. The number of fused-ring (bicyclic) bond motifs is 2. The van der Waals surface area contributed by atoms with Crippen molar-refractivity contribution in [3.8, 4) is 22.5 Å². The Balaban J connectivity index is 1.40. The van der Waals surface area contributed by atoms with Gasteiger partial charge in [0.15, 0.2) is 0 Å². The van der Waals surface area contributed by atoms with Gasteiger partial charge in [-0.05, 0) is 85.5 Å². The lowest BCUT2D eigenvalue weighted by atomic mass is 9.98. The molecule has 6 rings (SSSR count). The van der Waals surface area contributed by atoms with E-state index in [9.17, 15) is 4.39 Å². The zero-order chi connectivity index (χ0) is 27.6. The van der Waals surface area contributed by atoms with Crippen molar-refractivity contribution in [3.05, 3.63) is 102 Å². The number of nitrogens with zero attached hydrogens (tertiary/aromatic N) is 3. The second-order valence-corrected chi connectivity index (χ2v) is 10.3. The molecule has 5 nitrogen and oxygen atoms in total. The Morgan fingerprint density at radius 1 is 1.05 bits per heavy atom. The maximum absolute atomic E-state index is 15.4. The SMILES string of the molecule is C=C/C(=C\C(=C/C)c1cc2c(-c3cc4c(-c5cccc(F)c5)ccnc4[nH]3)n[nH]c2cc1F)CN1CCCCC1. The molecule has 0 radical (unpaired) electrons. The van der Waals surface area contributed by atoms with E-state index in [4.69, 9.17) is 0 Å². The monoisotopic (exact) mass is 535 g/mol. The van der Waals surface area contributed by atoms with E-state index in [-0.39, 0.29) is 11.6 Å². The third-order valence-corrected chi connectivity index (χ3v) is 7.65. The molecule has 0 bridgehead atoms. The standard InChI is InChI=1S/C33H31F2N5/c1-3-21(20-40-13-6-5-7-14-40)15-22(4-2)26-17-28-30(19-29(26)35)38-39-32(28)31-18-27-25(11-12-36-33(27)37-31)23-9-8-10-24(34)16-23/h3-4,8-12,15-19H,1,5-7,13-14,20H2,2H3,(H,36,37)(H,38,39)/b21-15+,22-4+. The summed E-state index contributed by atoms with van der Waals surface area (Å²) in [4.78, 5) is 10.3. The minimum atomic E-state index is -0.319. The Labute approximate surface area is 231 Å². The summed E-state index contributed by atoms with van der Waals surface area (Å²) < 4.78 is 29.4. The molecule has 5 aromatic rings. The zero-order valence-electron chi connectivity index (χ0n) is 22.5. The fraction of sp³-hybridized carbons (Fsp3) is 0.212. The first-order chi connectivity index (χ1) is 19.5. The van der Waals surface area contributed by atoms with Crippen LogP contribution in [0.15, 0.2) is 85.1 Å². The lowest BCUT2D eigenvalue weighted by molar-refractivity contribution is 0.248. The van der Waals surface area contributed by atoms with Gasteiger partial charge in [-0.1, -0.05) is 43.4 Å². The van der Waals surface area contributed by atoms with Crippen molar-refractivity contribution in [2.24, 2.45) is 0 Å². The van der Waals surface area contributed by atoms with Gasteiger partial charge >= 0.3 is 0 Å². The molecule has 7 heteroatoms. The van der Waals surface area contributed by atoms with Crippen LogP contribution in [0.1, 0.15) is 31.7 Å². The summed E-state index contributed by atoms with van der Waals surface area (Å²) in [6, 6.07) is 13.7. The Kier molecular flexibility index (Phi) is 7.13. The number of hydrogen-bond donors (Lipinski definition) is 2. The van der Waals surface area contributed by atoms with E-state index in [1.54, 1.807) is 12.3 Å². The molecule has 1 aliphatic rings. The zero-order valence-corrected chi connectivity index (χ0v) is 22.5. The third-order valence-electron chi connectivity index (χ3n) is 7.65. The maximum atomic E-state index is 15.4. The van der Waals surface area contributed by atoms with Crippen molar-refractivity contribution >= 4 is 27.5 Å². The Hall–Kier alpha value is -4.36. The van der Waals surface area contributed by atoms with E-state index in [1.165, 1.54) is 37.5 Å². The van der Waals surface area contributed by atoms with Gasteiger partial charge in [0.1, 0.15) is 23.0 Å². The lowest BCUT2D eigenvalue weighted by Crippen LogP contribution is -2.31. The summed E-state index contributed by atoms with van der Waals surface area (Å²) in [5.74, 6) is -0.615. The molecule has 3 aromatic heterocycles. The van der Waals surface area contributed by atoms with Crippen molar-refractivity contribution in [2.45, 2.75) is 26.2 Å². The summed E-state index contributed by atoms with van der Waals surface area (Å²) in [6.07, 6.45) is 11.2. The van der Waals surface area contributed by atoms with Gasteiger partial charge in [-0.15, -0.1) is 0 Å². The molecule has 0 unspecified atom stereocenters. The van der Waals surface area contributed by atoms with Crippen molar-refractivity contribution in [1.82, 2.24) is 25.1 Å². The Morgan fingerprint density at radius 2 is 1.90 bits per heavy atom. The van der Waals surface area contributed by atoms with Crippen molar-refractivity contribution in [1.29, 1.82) is 0 Å². The van der Waals surface area contributed by atoms with Gasteiger partial charge in [-0.3, -0.25) is 10.00 Å². The highest BCUT2D eigenvalue weighted by Gasteiger charge is 2.18. The Bertz CT molecular complexity index is 1770. The predicted octanol–water partition coefficient (Wildman–Crippen LogP) is 8.05. The van der Waals surface area contributed by atoms with E-state index in [1.807, 2.05) is 49.4 Å². The molecule has 202 valence electrons. The molecule has 1 fully saturated rings. The third kappa shape index (κ3) is 5.00. The van der Waals surface area contributed by atoms with Gasteiger partial charge < -0.3 is 4.98 Å². The fourth-order valence-electron chi connectivity index (χ4n) is 5.59. The van der Waals surface area contributed by atoms with Crippen LogP contribution in [0.3, 0.4) is 0 Å². The van der Waals surface area contributed by atoms with Crippen LogP contribution in [0.5, 0.6) is 0 Å². The largest absolute Gasteiger partial charge is 0.338 e. The molecule has 0 aliphatic carbocycles. The number of aromatic nitrogens is 4. The van der Waals surface area contributed by atoms with Crippen LogP contribution in [0.4, 0.5) is 8.78 Å². The number of benzene rings is 2. The van der Waals surface area contributed by atoms with Crippen LogP contribution in [0, 0.1) is 11.6 Å². The van der Waals surface area contributed by atoms with E-state index in [0.717, 1.165) is 58.4 Å². The molecule has 4 heterocycles. The van der Waals surface area contributed by atoms with Gasteiger partial charge in [0.25, 0.3) is 0 Å². The van der Waals surface area contributed by atoms with Crippen molar-refractivity contribution in [3.63, 3.8) is 0 Å². The number of rotatable bonds is 7. The molecule has 2 aromatic carbocycles. The first-order valence-electron chi connectivity index (χ1n) is 13.7. The molecule has 1 aliphatic heterocycles. The first-order valence-corrected chi connectivity index (χ1v) is 13.7. The minimum absolute atomic E-state index is 0.296. The highest BCUT2D eigenvalue weighted by Crippen LogP contribution is 2.35. The number of allylic oxidation sites excluding steroid dienone is 3. The van der Waals surface area contributed by atoms with E-state index >= 15 is 4.39 Å². The normalized spacial score (nSPS) is 15.3. The molecule has 40 heavy (non-hydrogen) atoms. The quantitative estimate of drug-likeness (QED) is 0.207. The number of aromatic amines is 2. The van der Waals surface area contributed by atoms with E-state index < -0.39 is 0 Å². The van der Waals surface area contributed by atoms with Crippen LogP contribution < -0.4 is 0 Å². The number of H-pyrrole nitrogens is 2. The number of likely N-dealkylation sites (tertiary alicyclic amines) is 1. The van der Waals surface area contributed by atoms with Crippen molar-refractivity contribution < 1.29 is 8.78 Å². The Morgan fingerprint density at radius 3 is 2.67 bits per heavy atom. The van der Waals surface area contributed by atoms with E-state index in [0.29, 0.717) is 22.4 Å². The summed E-state index contributed by atoms with van der Waals surface area (Å²) in [5, 5.41) is 9.15. The first kappa shape index (κ1) is 25.9.